The van der Waals surface area contributed by atoms with Crippen molar-refractivity contribution in [1.29, 1.82) is 0 Å². The molecule has 4 heterocycles. The highest BCUT2D eigenvalue weighted by atomic mass is 16.3. The van der Waals surface area contributed by atoms with Crippen molar-refractivity contribution in [1.82, 2.24) is 19.4 Å². The summed E-state index contributed by atoms with van der Waals surface area (Å²) >= 11 is 0. The van der Waals surface area contributed by atoms with E-state index in [1.165, 1.54) is 12.5 Å². The lowest BCUT2D eigenvalue weighted by Gasteiger charge is -2.19. The zero-order valence-corrected chi connectivity index (χ0v) is 13.4. The minimum atomic E-state index is 0.0203. The van der Waals surface area contributed by atoms with E-state index in [1.54, 1.807) is 12.3 Å². The fraction of sp³-hybridized carbons (Fsp3) is 0.278. The number of nitrogens with zero attached hydrogens (tertiary/aromatic N) is 4. The Morgan fingerprint density at radius 2 is 2.25 bits per heavy atom. The van der Waals surface area contributed by atoms with Gasteiger partial charge in [0.2, 0.25) is 0 Å². The summed E-state index contributed by atoms with van der Waals surface area (Å²) in [6.07, 6.45) is 9.39. The Morgan fingerprint density at radius 3 is 3.00 bits per heavy atom. The zero-order chi connectivity index (χ0) is 16.5. The molecule has 4 rings (SSSR count). The van der Waals surface area contributed by atoms with Crippen molar-refractivity contribution >= 4 is 5.91 Å². The third-order valence-electron chi connectivity index (χ3n) is 4.49. The van der Waals surface area contributed by atoms with Crippen molar-refractivity contribution in [2.75, 3.05) is 13.1 Å². The number of imidazole rings is 1. The van der Waals surface area contributed by atoms with Gasteiger partial charge in [0.05, 0.1) is 17.9 Å². The SMILES string of the molecule is Cc1cnc(-c2cccnc2)n1C1CCN(C(=O)c2ccoc2)C1. The predicted octanol–water partition coefficient (Wildman–Crippen LogP) is 2.93. The highest BCUT2D eigenvalue weighted by Gasteiger charge is 2.30. The maximum atomic E-state index is 12.5. The van der Waals surface area contributed by atoms with Crippen molar-refractivity contribution < 1.29 is 9.21 Å². The smallest absolute Gasteiger partial charge is 0.257 e. The van der Waals surface area contributed by atoms with E-state index in [-0.39, 0.29) is 11.9 Å². The van der Waals surface area contributed by atoms with Crippen molar-refractivity contribution in [2.24, 2.45) is 0 Å². The molecule has 1 saturated heterocycles. The Hall–Kier alpha value is -2.89. The van der Waals surface area contributed by atoms with Crippen LogP contribution in [0.4, 0.5) is 0 Å². The molecule has 0 spiro atoms. The number of likely N-dealkylation sites (tertiary alicyclic amines) is 1. The largest absolute Gasteiger partial charge is 0.472 e. The number of furan rings is 1. The molecule has 3 aromatic heterocycles. The number of rotatable bonds is 3. The summed E-state index contributed by atoms with van der Waals surface area (Å²) in [6.45, 7) is 3.46. The van der Waals surface area contributed by atoms with Crippen LogP contribution in [0.1, 0.15) is 28.5 Å². The van der Waals surface area contributed by atoms with Crippen LogP contribution in [0, 0.1) is 6.92 Å². The molecule has 122 valence electrons. The topological polar surface area (TPSA) is 64.2 Å². The van der Waals surface area contributed by atoms with E-state index in [0.717, 1.165) is 30.0 Å². The molecule has 0 aromatic carbocycles. The fourth-order valence-electron chi connectivity index (χ4n) is 3.32. The lowest BCUT2D eigenvalue weighted by molar-refractivity contribution is 0.0787. The summed E-state index contributed by atoms with van der Waals surface area (Å²) < 4.78 is 7.24. The third-order valence-corrected chi connectivity index (χ3v) is 4.49. The van der Waals surface area contributed by atoms with Crippen molar-refractivity contribution in [2.45, 2.75) is 19.4 Å². The molecule has 1 aliphatic rings. The molecule has 3 aromatic rings. The van der Waals surface area contributed by atoms with Crippen LogP contribution in [0.25, 0.3) is 11.4 Å². The highest BCUT2D eigenvalue weighted by Crippen LogP contribution is 2.30. The Balaban J connectivity index is 1.60. The number of pyridine rings is 1. The summed E-state index contributed by atoms with van der Waals surface area (Å²) in [5.41, 5.74) is 2.69. The van der Waals surface area contributed by atoms with Crippen LogP contribution in [0.2, 0.25) is 0 Å². The molecule has 1 fully saturated rings. The first-order chi connectivity index (χ1) is 11.7. The zero-order valence-electron chi connectivity index (χ0n) is 13.4. The molecule has 1 unspecified atom stereocenters. The first-order valence-electron chi connectivity index (χ1n) is 8.00. The molecule has 0 saturated carbocycles. The lowest BCUT2D eigenvalue weighted by atomic mass is 10.2. The van der Waals surface area contributed by atoms with Gasteiger partial charge in [-0.25, -0.2) is 4.98 Å². The van der Waals surface area contributed by atoms with Crippen LogP contribution in [-0.4, -0.2) is 38.4 Å². The van der Waals surface area contributed by atoms with Crippen molar-refractivity contribution in [3.8, 4) is 11.4 Å². The monoisotopic (exact) mass is 322 g/mol. The third kappa shape index (κ3) is 2.50. The van der Waals surface area contributed by atoms with Crippen molar-refractivity contribution in [3.05, 3.63) is 60.6 Å². The maximum absolute atomic E-state index is 12.5. The Labute approximate surface area is 139 Å². The fourth-order valence-corrected chi connectivity index (χ4v) is 3.32. The molecule has 1 amide bonds. The van der Waals surface area contributed by atoms with E-state index >= 15 is 0 Å². The number of hydrogen-bond donors (Lipinski definition) is 0. The summed E-state index contributed by atoms with van der Waals surface area (Å²) in [4.78, 5) is 23.1. The first kappa shape index (κ1) is 14.7. The van der Waals surface area contributed by atoms with Crippen LogP contribution < -0.4 is 0 Å². The number of aromatic nitrogens is 3. The second-order valence-corrected chi connectivity index (χ2v) is 6.04. The molecular formula is C18H18N4O2. The van der Waals surface area contributed by atoms with E-state index < -0.39 is 0 Å². The van der Waals surface area contributed by atoms with Crippen LogP contribution in [-0.2, 0) is 0 Å². The Kier molecular flexibility index (Phi) is 3.65. The van der Waals surface area contributed by atoms with Gasteiger partial charge in [-0.2, -0.15) is 0 Å². The summed E-state index contributed by atoms with van der Waals surface area (Å²) in [6, 6.07) is 5.85. The maximum Gasteiger partial charge on any atom is 0.257 e. The van der Waals surface area contributed by atoms with Crippen LogP contribution >= 0.6 is 0 Å². The Morgan fingerprint density at radius 1 is 1.33 bits per heavy atom. The number of carbonyl (C=O) groups excluding carboxylic acids is 1. The first-order valence-corrected chi connectivity index (χ1v) is 8.00. The average Bonchev–Trinajstić information content (AvgIpc) is 3.35. The minimum Gasteiger partial charge on any atom is -0.472 e. The van der Waals surface area contributed by atoms with Gasteiger partial charge in [0.1, 0.15) is 12.1 Å². The van der Waals surface area contributed by atoms with E-state index in [1.807, 2.05) is 36.4 Å². The minimum absolute atomic E-state index is 0.0203. The second-order valence-electron chi connectivity index (χ2n) is 6.04. The average molecular weight is 322 g/mol. The standard InChI is InChI=1S/C18H18N4O2/c1-13-9-20-17(14-3-2-6-19-10-14)22(13)16-4-7-21(11-16)18(23)15-5-8-24-12-15/h2-3,5-6,8-10,12,16H,4,7,11H2,1H3. The van der Waals surface area contributed by atoms with Crippen LogP contribution in [0.5, 0.6) is 0 Å². The van der Waals surface area contributed by atoms with Crippen LogP contribution in [0.15, 0.2) is 53.7 Å². The van der Waals surface area contributed by atoms with Gasteiger partial charge in [0.25, 0.3) is 5.91 Å². The Bertz CT molecular complexity index is 839. The number of hydrogen-bond acceptors (Lipinski definition) is 4. The summed E-state index contributed by atoms with van der Waals surface area (Å²) in [5.74, 6) is 0.926. The van der Waals surface area contributed by atoms with Gasteiger partial charge >= 0.3 is 0 Å². The van der Waals surface area contributed by atoms with Gasteiger partial charge in [-0.3, -0.25) is 9.78 Å². The van der Waals surface area contributed by atoms with Gasteiger partial charge in [0.15, 0.2) is 0 Å². The van der Waals surface area contributed by atoms with Gasteiger partial charge in [-0.1, -0.05) is 0 Å². The number of amides is 1. The van der Waals surface area contributed by atoms with E-state index in [4.69, 9.17) is 4.42 Å². The van der Waals surface area contributed by atoms with Gasteiger partial charge < -0.3 is 13.9 Å². The summed E-state index contributed by atoms with van der Waals surface area (Å²) in [5, 5.41) is 0. The molecule has 0 aliphatic carbocycles. The molecule has 6 nitrogen and oxygen atoms in total. The number of carbonyl (C=O) groups is 1. The predicted molar refractivity (Wildman–Crippen MR) is 88.5 cm³/mol. The molecular weight excluding hydrogens is 304 g/mol. The molecule has 6 heteroatoms. The van der Waals surface area contributed by atoms with Gasteiger partial charge in [-0.05, 0) is 31.5 Å². The van der Waals surface area contributed by atoms with Gasteiger partial charge in [0, 0.05) is 42.9 Å². The normalized spacial score (nSPS) is 17.4. The van der Waals surface area contributed by atoms with Crippen molar-refractivity contribution in [3.63, 3.8) is 0 Å². The second kappa shape index (κ2) is 5.96. The molecule has 0 bridgehead atoms. The summed E-state index contributed by atoms with van der Waals surface area (Å²) in [7, 11) is 0. The van der Waals surface area contributed by atoms with Gasteiger partial charge in [-0.15, -0.1) is 0 Å². The lowest BCUT2D eigenvalue weighted by Crippen LogP contribution is -2.29. The number of aryl methyl sites for hydroxylation is 1. The molecule has 1 aliphatic heterocycles. The van der Waals surface area contributed by atoms with E-state index in [0.29, 0.717) is 12.1 Å². The molecule has 1 atom stereocenters. The molecule has 24 heavy (non-hydrogen) atoms. The van der Waals surface area contributed by atoms with E-state index in [9.17, 15) is 4.79 Å². The van der Waals surface area contributed by atoms with Crippen LogP contribution in [0.3, 0.4) is 0 Å². The molecule has 0 N–H and O–H groups in total. The molecule has 0 radical (unpaired) electrons. The quantitative estimate of drug-likeness (QED) is 0.744. The van der Waals surface area contributed by atoms with E-state index in [2.05, 4.69) is 14.5 Å². The highest BCUT2D eigenvalue weighted by molar-refractivity contribution is 5.94.